The number of hydrogen-bond acceptors (Lipinski definition) is 4. The fraction of sp³-hybridized carbons (Fsp3) is 0.833. The Labute approximate surface area is 112 Å². The average molecular weight is 271 g/mol. The smallest absolute Gasteiger partial charge is 0.240 e. The number of amides is 2. The van der Waals surface area contributed by atoms with Crippen molar-refractivity contribution in [2.75, 3.05) is 24.7 Å². The molecule has 6 heteroatoms. The highest BCUT2D eigenvalue weighted by Gasteiger charge is 2.30. The van der Waals surface area contributed by atoms with E-state index in [1.165, 1.54) is 0 Å². The van der Waals surface area contributed by atoms with Crippen LogP contribution in [0.25, 0.3) is 0 Å². The number of carbonyl (C=O) groups is 2. The topological polar surface area (TPSA) is 61.4 Å². The zero-order valence-electron chi connectivity index (χ0n) is 10.8. The Balaban J connectivity index is 1.75. The van der Waals surface area contributed by atoms with Crippen LogP contribution >= 0.6 is 11.8 Å². The molecule has 2 fully saturated rings. The van der Waals surface area contributed by atoms with Crippen molar-refractivity contribution in [2.45, 2.75) is 38.3 Å². The summed E-state index contributed by atoms with van der Waals surface area (Å²) in [7, 11) is 0. The standard InChI is InChI=1S/C12H21N3O2S/c1-2-11(16)14-9-3-5-15(6-4-9)12(17)10-7-18-8-13-10/h9-10,13H,2-8H2,1H3,(H,14,16). The van der Waals surface area contributed by atoms with E-state index in [4.69, 9.17) is 0 Å². The van der Waals surface area contributed by atoms with Crippen molar-refractivity contribution in [1.82, 2.24) is 15.5 Å². The largest absolute Gasteiger partial charge is 0.353 e. The monoisotopic (exact) mass is 271 g/mol. The van der Waals surface area contributed by atoms with Gasteiger partial charge in [0.2, 0.25) is 11.8 Å². The lowest BCUT2D eigenvalue weighted by Gasteiger charge is -2.33. The molecule has 0 aliphatic carbocycles. The maximum Gasteiger partial charge on any atom is 0.240 e. The highest BCUT2D eigenvalue weighted by Crippen LogP contribution is 2.16. The van der Waals surface area contributed by atoms with E-state index in [1.807, 2.05) is 11.8 Å². The summed E-state index contributed by atoms with van der Waals surface area (Å²) in [5.41, 5.74) is 0. The first-order valence-corrected chi connectivity index (χ1v) is 7.75. The summed E-state index contributed by atoms with van der Waals surface area (Å²) in [4.78, 5) is 25.4. The second-order valence-electron chi connectivity index (χ2n) is 4.79. The Morgan fingerprint density at radius 1 is 1.39 bits per heavy atom. The first kappa shape index (κ1) is 13.7. The van der Waals surface area contributed by atoms with E-state index in [9.17, 15) is 9.59 Å². The SMILES string of the molecule is CCC(=O)NC1CCN(C(=O)C2CSCN2)CC1. The van der Waals surface area contributed by atoms with Crippen molar-refractivity contribution >= 4 is 23.6 Å². The van der Waals surface area contributed by atoms with Gasteiger partial charge in [-0.3, -0.25) is 14.9 Å². The molecule has 2 amide bonds. The lowest BCUT2D eigenvalue weighted by atomic mass is 10.0. The molecular weight excluding hydrogens is 250 g/mol. The number of carbonyl (C=O) groups excluding carboxylic acids is 2. The van der Waals surface area contributed by atoms with Crippen LogP contribution in [0.2, 0.25) is 0 Å². The van der Waals surface area contributed by atoms with Crippen molar-refractivity contribution in [3.63, 3.8) is 0 Å². The summed E-state index contributed by atoms with van der Waals surface area (Å²) < 4.78 is 0. The van der Waals surface area contributed by atoms with Crippen LogP contribution < -0.4 is 10.6 Å². The Kier molecular flexibility index (Phi) is 4.88. The van der Waals surface area contributed by atoms with Crippen LogP contribution in [0.5, 0.6) is 0 Å². The summed E-state index contributed by atoms with van der Waals surface area (Å²) in [5.74, 6) is 2.08. The molecule has 0 bridgehead atoms. The van der Waals surface area contributed by atoms with Crippen LogP contribution in [0.3, 0.4) is 0 Å². The third kappa shape index (κ3) is 3.38. The van der Waals surface area contributed by atoms with Crippen molar-refractivity contribution < 1.29 is 9.59 Å². The van der Waals surface area contributed by atoms with E-state index >= 15 is 0 Å². The van der Waals surface area contributed by atoms with Crippen LogP contribution in [-0.2, 0) is 9.59 Å². The third-order valence-corrected chi connectivity index (χ3v) is 4.45. The lowest BCUT2D eigenvalue weighted by molar-refractivity contribution is -0.133. The molecule has 102 valence electrons. The first-order valence-electron chi connectivity index (χ1n) is 6.60. The third-order valence-electron chi connectivity index (χ3n) is 3.51. The van der Waals surface area contributed by atoms with E-state index < -0.39 is 0 Å². The fourth-order valence-electron chi connectivity index (χ4n) is 2.35. The van der Waals surface area contributed by atoms with Crippen molar-refractivity contribution in [3.05, 3.63) is 0 Å². The van der Waals surface area contributed by atoms with Gasteiger partial charge < -0.3 is 10.2 Å². The first-order chi connectivity index (χ1) is 8.70. The van der Waals surface area contributed by atoms with Gasteiger partial charge in [-0.05, 0) is 12.8 Å². The molecule has 0 aromatic carbocycles. The molecule has 2 aliphatic rings. The van der Waals surface area contributed by atoms with E-state index in [0.717, 1.165) is 37.6 Å². The maximum atomic E-state index is 12.1. The number of piperidine rings is 1. The summed E-state index contributed by atoms with van der Waals surface area (Å²) >= 11 is 1.77. The van der Waals surface area contributed by atoms with Gasteiger partial charge >= 0.3 is 0 Å². The van der Waals surface area contributed by atoms with Gasteiger partial charge in [0, 0.05) is 37.2 Å². The molecular formula is C12H21N3O2S. The van der Waals surface area contributed by atoms with E-state index in [2.05, 4.69) is 10.6 Å². The summed E-state index contributed by atoms with van der Waals surface area (Å²) in [6.07, 6.45) is 2.27. The number of nitrogens with one attached hydrogen (secondary N) is 2. The van der Waals surface area contributed by atoms with Crippen LogP contribution in [0.15, 0.2) is 0 Å². The minimum atomic E-state index is -0.00298. The van der Waals surface area contributed by atoms with Gasteiger partial charge in [-0.25, -0.2) is 0 Å². The molecule has 2 rings (SSSR count). The normalized spacial score (nSPS) is 25.2. The average Bonchev–Trinajstić information content (AvgIpc) is 2.92. The van der Waals surface area contributed by atoms with Crippen LogP contribution in [0.4, 0.5) is 0 Å². The number of rotatable bonds is 3. The van der Waals surface area contributed by atoms with Gasteiger partial charge in [0.15, 0.2) is 0 Å². The molecule has 18 heavy (non-hydrogen) atoms. The van der Waals surface area contributed by atoms with E-state index in [0.29, 0.717) is 6.42 Å². The van der Waals surface area contributed by atoms with Gasteiger partial charge in [-0.1, -0.05) is 6.92 Å². The minimum Gasteiger partial charge on any atom is -0.353 e. The minimum absolute atomic E-state index is 0.00298. The number of hydrogen-bond donors (Lipinski definition) is 2. The van der Waals surface area contributed by atoms with Crippen molar-refractivity contribution in [3.8, 4) is 0 Å². The van der Waals surface area contributed by atoms with Gasteiger partial charge in [-0.2, -0.15) is 0 Å². The maximum absolute atomic E-state index is 12.1. The molecule has 0 aromatic heterocycles. The zero-order chi connectivity index (χ0) is 13.0. The molecule has 2 N–H and O–H groups in total. The van der Waals surface area contributed by atoms with Gasteiger partial charge in [0.05, 0.1) is 6.04 Å². The summed E-state index contributed by atoms with van der Waals surface area (Å²) in [5, 5.41) is 6.21. The molecule has 0 radical (unpaired) electrons. The highest BCUT2D eigenvalue weighted by molar-refractivity contribution is 7.99. The zero-order valence-corrected chi connectivity index (χ0v) is 11.6. The molecule has 0 saturated carbocycles. The Hall–Kier alpha value is -0.750. The predicted molar refractivity (Wildman–Crippen MR) is 72.3 cm³/mol. The van der Waals surface area contributed by atoms with Crippen LogP contribution in [0.1, 0.15) is 26.2 Å². The van der Waals surface area contributed by atoms with Gasteiger partial charge in [0.25, 0.3) is 0 Å². The molecule has 1 atom stereocenters. The Morgan fingerprint density at radius 3 is 2.67 bits per heavy atom. The molecule has 5 nitrogen and oxygen atoms in total. The van der Waals surface area contributed by atoms with Gasteiger partial charge in [-0.15, -0.1) is 11.8 Å². The number of thioether (sulfide) groups is 1. The molecule has 0 spiro atoms. The van der Waals surface area contributed by atoms with E-state index in [1.54, 1.807) is 11.8 Å². The van der Waals surface area contributed by atoms with Crippen LogP contribution in [-0.4, -0.2) is 53.5 Å². The van der Waals surface area contributed by atoms with Crippen LogP contribution in [0, 0.1) is 0 Å². The fourth-order valence-corrected chi connectivity index (χ4v) is 3.28. The molecule has 2 saturated heterocycles. The highest BCUT2D eigenvalue weighted by atomic mass is 32.2. The predicted octanol–water partition coefficient (Wildman–Crippen LogP) is 0.166. The number of likely N-dealkylation sites (tertiary alicyclic amines) is 1. The molecule has 0 aromatic rings. The molecule has 1 unspecified atom stereocenters. The Bertz CT molecular complexity index is 310. The summed E-state index contributed by atoms with van der Waals surface area (Å²) in [6, 6.07) is 0.240. The van der Waals surface area contributed by atoms with Crippen molar-refractivity contribution in [2.24, 2.45) is 0 Å². The van der Waals surface area contributed by atoms with Crippen molar-refractivity contribution in [1.29, 1.82) is 0 Å². The second-order valence-corrected chi connectivity index (χ2v) is 5.82. The molecule has 2 aliphatic heterocycles. The summed E-state index contributed by atoms with van der Waals surface area (Å²) in [6.45, 7) is 3.38. The van der Waals surface area contributed by atoms with E-state index in [-0.39, 0.29) is 23.9 Å². The second kappa shape index (κ2) is 6.43. The molecule has 2 heterocycles. The Morgan fingerprint density at radius 2 is 2.11 bits per heavy atom. The number of nitrogens with zero attached hydrogens (tertiary/aromatic N) is 1. The van der Waals surface area contributed by atoms with Gasteiger partial charge in [0.1, 0.15) is 0 Å². The quantitative estimate of drug-likeness (QED) is 0.768. The lowest BCUT2D eigenvalue weighted by Crippen LogP contribution is -2.51.